The number of aliphatic hydroxyl groups excluding tert-OH is 1. The molecule has 1 aromatic carbocycles. The van der Waals surface area contributed by atoms with Crippen LogP contribution in [-0.2, 0) is 9.53 Å². The first kappa shape index (κ1) is 18.5. The second kappa shape index (κ2) is 7.34. The van der Waals surface area contributed by atoms with Gasteiger partial charge in [-0.3, -0.25) is 14.9 Å². The molecule has 1 aliphatic rings. The van der Waals surface area contributed by atoms with Gasteiger partial charge in [0.15, 0.2) is 11.5 Å². The van der Waals surface area contributed by atoms with Crippen molar-refractivity contribution < 1.29 is 33.8 Å². The molecule has 10 nitrogen and oxygen atoms in total. The quantitative estimate of drug-likeness (QED) is 0.456. The minimum atomic E-state index is -1.01. The molecule has 25 heavy (non-hydrogen) atoms. The zero-order valence-electron chi connectivity index (χ0n) is 13.9. The Balaban J connectivity index is 2.50. The molecule has 1 N–H and O–H groups in total. The van der Waals surface area contributed by atoms with E-state index in [1.165, 1.54) is 20.3 Å². The molecule has 0 radical (unpaired) electrons. The fraction of sp³-hybridized carbons (Fsp3) is 0.467. The number of hydrogen-bond acceptors (Lipinski definition) is 8. The molecule has 1 fully saturated rings. The van der Waals surface area contributed by atoms with Crippen molar-refractivity contribution in [2.75, 3.05) is 27.9 Å². The first-order valence-electron chi connectivity index (χ1n) is 7.31. The van der Waals surface area contributed by atoms with Crippen LogP contribution < -0.4 is 9.47 Å². The first-order valence-corrected chi connectivity index (χ1v) is 7.31. The number of β-amino-alcohol motifs (C(OH)–C–C–N with tert-alkyl or cyclic N) is 1. The molecule has 0 spiro atoms. The van der Waals surface area contributed by atoms with Crippen molar-refractivity contribution in [3.8, 4) is 11.5 Å². The smallest absolute Gasteiger partial charge is 0.328 e. The zero-order valence-corrected chi connectivity index (χ0v) is 13.9. The van der Waals surface area contributed by atoms with E-state index < -0.39 is 34.6 Å². The molecule has 1 aliphatic heterocycles. The van der Waals surface area contributed by atoms with Crippen LogP contribution in [-0.4, -0.2) is 66.8 Å². The second-order valence-corrected chi connectivity index (χ2v) is 5.37. The maximum atomic E-state index is 12.8. The van der Waals surface area contributed by atoms with E-state index in [9.17, 15) is 24.8 Å². The summed E-state index contributed by atoms with van der Waals surface area (Å²) in [7, 11) is 3.80. The molecule has 1 amide bonds. The van der Waals surface area contributed by atoms with Crippen LogP contribution in [0.15, 0.2) is 12.1 Å². The maximum Gasteiger partial charge on any atom is 0.328 e. The Kier molecular flexibility index (Phi) is 5.42. The Morgan fingerprint density at radius 1 is 1.24 bits per heavy atom. The predicted octanol–water partition coefficient (Wildman–Crippen LogP) is 0.360. The summed E-state index contributed by atoms with van der Waals surface area (Å²) in [5.41, 5.74) is -0.765. The molecule has 0 saturated carbocycles. The highest BCUT2D eigenvalue weighted by molar-refractivity contribution is 6.01. The van der Waals surface area contributed by atoms with Crippen LogP contribution >= 0.6 is 0 Å². The molecular weight excluding hydrogens is 336 g/mol. The third-order valence-corrected chi connectivity index (χ3v) is 3.94. The van der Waals surface area contributed by atoms with Crippen LogP contribution in [0.2, 0.25) is 0 Å². The van der Waals surface area contributed by atoms with Gasteiger partial charge in [0.25, 0.3) is 11.6 Å². The molecule has 136 valence electrons. The summed E-state index contributed by atoms with van der Waals surface area (Å²) < 4.78 is 14.7. The standard InChI is InChI=1S/C15H18N2O8/c1-23-12-5-9(10(17(21)22)6-13(12)24-2)14(19)16-7-8(18)4-11(16)15(20)25-3/h5-6,8,11,18H,4,7H2,1-3H3/t8-,11+/m1/s1. The molecule has 0 unspecified atom stereocenters. The molecule has 10 heteroatoms. The van der Waals surface area contributed by atoms with Gasteiger partial charge in [0, 0.05) is 19.0 Å². The molecule has 0 bridgehead atoms. The van der Waals surface area contributed by atoms with Crippen LogP contribution in [0.1, 0.15) is 16.8 Å². The number of carbonyl (C=O) groups is 2. The lowest BCUT2D eigenvalue weighted by atomic mass is 10.1. The van der Waals surface area contributed by atoms with Crippen molar-refractivity contribution in [3.05, 3.63) is 27.8 Å². The number of amides is 1. The molecule has 0 aliphatic carbocycles. The third-order valence-electron chi connectivity index (χ3n) is 3.94. The molecule has 1 aromatic rings. The molecule has 2 atom stereocenters. The van der Waals surface area contributed by atoms with Crippen molar-refractivity contribution in [3.63, 3.8) is 0 Å². The van der Waals surface area contributed by atoms with E-state index in [0.717, 1.165) is 18.1 Å². The van der Waals surface area contributed by atoms with Gasteiger partial charge in [0.1, 0.15) is 11.6 Å². The number of likely N-dealkylation sites (tertiary alicyclic amines) is 1. The van der Waals surface area contributed by atoms with Crippen LogP contribution in [0.5, 0.6) is 11.5 Å². The van der Waals surface area contributed by atoms with Crippen molar-refractivity contribution >= 4 is 17.6 Å². The average Bonchev–Trinajstić information content (AvgIpc) is 3.00. The van der Waals surface area contributed by atoms with Crippen molar-refractivity contribution in [1.29, 1.82) is 0 Å². The Hall–Kier alpha value is -2.88. The minimum absolute atomic E-state index is 0.000495. The van der Waals surface area contributed by atoms with E-state index in [1.54, 1.807) is 0 Å². The minimum Gasteiger partial charge on any atom is -0.493 e. The number of nitro groups is 1. The second-order valence-electron chi connectivity index (χ2n) is 5.37. The Morgan fingerprint density at radius 2 is 1.84 bits per heavy atom. The van der Waals surface area contributed by atoms with Gasteiger partial charge >= 0.3 is 5.97 Å². The molecule has 1 saturated heterocycles. The molecule has 0 aromatic heterocycles. The number of carbonyl (C=O) groups excluding carboxylic acids is 2. The topological polar surface area (TPSA) is 128 Å². The summed E-state index contributed by atoms with van der Waals surface area (Å²) in [6.45, 7) is -0.135. The van der Waals surface area contributed by atoms with E-state index in [4.69, 9.17) is 9.47 Å². The van der Waals surface area contributed by atoms with Crippen LogP contribution in [0.3, 0.4) is 0 Å². The summed E-state index contributed by atoms with van der Waals surface area (Å²) >= 11 is 0. The fourth-order valence-electron chi connectivity index (χ4n) is 2.74. The highest BCUT2D eigenvalue weighted by Gasteiger charge is 2.41. The molecule has 2 rings (SSSR count). The third kappa shape index (κ3) is 3.48. The summed E-state index contributed by atoms with van der Waals surface area (Å²) in [4.78, 5) is 36.3. The van der Waals surface area contributed by atoms with Gasteiger partial charge in [-0.2, -0.15) is 0 Å². The number of methoxy groups -OCH3 is 3. The first-order chi connectivity index (χ1) is 11.8. The fourth-order valence-corrected chi connectivity index (χ4v) is 2.74. The monoisotopic (exact) mass is 354 g/mol. The van der Waals surface area contributed by atoms with Gasteiger partial charge in [-0.05, 0) is 0 Å². The largest absolute Gasteiger partial charge is 0.493 e. The van der Waals surface area contributed by atoms with Gasteiger partial charge in [-0.25, -0.2) is 4.79 Å². The number of benzene rings is 1. The summed E-state index contributed by atoms with van der Waals surface area (Å²) in [5.74, 6) is -1.25. The number of ether oxygens (including phenoxy) is 3. The van der Waals surface area contributed by atoms with Gasteiger partial charge in [0.2, 0.25) is 0 Å². The Bertz CT molecular complexity index is 705. The lowest BCUT2D eigenvalue weighted by Crippen LogP contribution is -2.41. The van der Waals surface area contributed by atoms with Crippen LogP contribution in [0.4, 0.5) is 5.69 Å². The lowest BCUT2D eigenvalue weighted by Gasteiger charge is -2.22. The zero-order chi connectivity index (χ0) is 18.7. The van der Waals surface area contributed by atoms with Crippen molar-refractivity contribution in [1.82, 2.24) is 4.90 Å². The average molecular weight is 354 g/mol. The number of nitrogens with zero attached hydrogens (tertiary/aromatic N) is 2. The van der Waals surface area contributed by atoms with Gasteiger partial charge in [-0.15, -0.1) is 0 Å². The number of hydrogen-bond donors (Lipinski definition) is 1. The van der Waals surface area contributed by atoms with E-state index in [2.05, 4.69) is 4.74 Å². The lowest BCUT2D eigenvalue weighted by molar-refractivity contribution is -0.385. The highest BCUT2D eigenvalue weighted by Crippen LogP contribution is 2.36. The van der Waals surface area contributed by atoms with E-state index in [-0.39, 0.29) is 30.0 Å². The van der Waals surface area contributed by atoms with E-state index in [1.807, 2.05) is 0 Å². The SMILES string of the molecule is COC(=O)[C@@H]1C[C@@H](O)CN1C(=O)c1cc(OC)c(OC)cc1[N+](=O)[O-]. The number of nitro benzene ring substituents is 1. The van der Waals surface area contributed by atoms with Crippen LogP contribution in [0.25, 0.3) is 0 Å². The number of rotatable bonds is 5. The van der Waals surface area contributed by atoms with E-state index >= 15 is 0 Å². The van der Waals surface area contributed by atoms with Gasteiger partial charge < -0.3 is 24.2 Å². The Morgan fingerprint density at radius 3 is 2.36 bits per heavy atom. The number of esters is 1. The number of aliphatic hydroxyl groups is 1. The van der Waals surface area contributed by atoms with Gasteiger partial charge in [-0.1, -0.05) is 0 Å². The van der Waals surface area contributed by atoms with Crippen molar-refractivity contribution in [2.45, 2.75) is 18.6 Å². The van der Waals surface area contributed by atoms with Gasteiger partial charge in [0.05, 0.1) is 38.4 Å². The van der Waals surface area contributed by atoms with Crippen molar-refractivity contribution in [2.24, 2.45) is 0 Å². The summed E-state index contributed by atoms with van der Waals surface area (Å²) in [6.07, 6.45) is -0.924. The maximum absolute atomic E-state index is 12.8. The molecular formula is C15H18N2O8. The van der Waals surface area contributed by atoms with Crippen LogP contribution in [0, 0.1) is 10.1 Å². The highest BCUT2D eigenvalue weighted by atomic mass is 16.6. The summed E-state index contributed by atoms with van der Waals surface area (Å²) in [5, 5.41) is 21.1. The predicted molar refractivity (Wildman–Crippen MR) is 83.7 cm³/mol. The normalized spacial score (nSPS) is 19.4. The summed E-state index contributed by atoms with van der Waals surface area (Å²) in [6, 6.07) is 1.24. The Labute approximate surface area is 143 Å². The van der Waals surface area contributed by atoms with E-state index in [0.29, 0.717) is 0 Å². The molecule has 1 heterocycles.